The first-order valence-corrected chi connectivity index (χ1v) is 14.2. The van der Waals surface area contributed by atoms with Crippen LogP contribution < -0.4 is 14.8 Å². The van der Waals surface area contributed by atoms with E-state index >= 15 is 0 Å². The Morgan fingerprint density at radius 3 is 1.85 bits per heavy atom. The first-order chi connectivity index (χ1) is 16.6. The van der Waals surface area contributed by atoms with Gasteiger partial charge in [0, 0.05) is 5.69 Å². The molecule has 186 valence electrons. The number of nitrogens with one attached hydrogen (secondary N) is 1. The fraction of sp³-hybridized carbons (Fsp3) is 0.556. The monoisotopic (exact) mass is 487 g/mol. The molecule has 2 fully saturated rings. The number of benzene rings is 2. The van der Waals surface area contributed by atoms with Gasteiger partial charge < -0.3 is 23.8 Å². The fourth-order valence-electron chi connectivity index (χ4n) is 4.96. The maximum absolute atomic E-state index is 14.8. The van der Waals surface area contributed by atoms with Gasteiger partial charge in [-0.3, -0.25) is 4.57 Å². The van der Waals surface area contributed by atoms with Crippen LogP contribution in [0.5, 0.6) is 11.5 Å². The summed E-state index contributed by atoms with van der Waals surface area (Å²) < 4.78 is 38.8. The third-order valence-electron chi connectivity index (χ3n) is 6.81. The summed E-state index contributed by atoms with van der Waals surface area (Å²) in [6.45, 7) is 0. The SMILES string of the molecule is COc1ccc(C(Nc2ccccc2)P(=O)(OC2CCCCC2)OC2CCCCC2)cc1OC. The molecule has 2 aliphatic carbocycles. The number of methoxy groups -OCH3 is 2. The van der Waals surface area contributed by atoms with E-state index in [1.54, 1.807) is 14.2 Å². The molecule has 0 saturated heterocycles. The normalized spacial score (nSPS) is 18.9. The highest BCUT2D eigenvalue weighted by atomic mass is 31.2. The van der Waals surface area contributed by atoms with E-state index in [-0.39, 0.29) is 12.2 Å². The van der Waals surface area contributed by atoms with Crippen molar-refractivity contribution in [3.05, 3.63) is 54.1 Å². The molecule has 0 bridgehead atoms. The number of hydrogen-bond acceptors (Lipinski definition) is 6. The molecule has 1 N–H and O–H groups in total. The molecular weight excluding hydrogens is 449 g/mol. The van der Waals surface area contributed by atoms with E-state index in [0.717, 1.165) is 62.6 Å². The van der Waals surface area contributed by atoms with Gasteiger partial charge in [-0.25, -0.2) is 0 Å². The zero-order valence-corrected chi connectivity index (χ0v) is 21.3. The maximum atomic E-state index is 14.8. The van der Waals surface area contributed by atoms with Gasteiger partial charge in [0.05, 0.1) is 26.4 Å². The van der Waals surface area contributed by atoms with Gasteiger partial charge in [-0.05, 0) is 55.5 Å². The van der Waals surface area contributed by atoms with Crippen LogP contribution in [0.4, 0.5) is 5.69 Å². The molecule has 2 saturated carbocycles. The lowest BCUT2D eigenvalue weighted by atomic mass is 9.98. The standard InChI is InChI=1S/C27H38NO5P/c1-30-25-19-18-21(20-26(25)31-2)27(28-22-12-6-3-7-13-22)34(29,32-23-14-8-4-9-15-23)33-24-16-10-5-11-17-24/h3,6-7,12-13,18-20,23-24,27-28H,4-5,8-11,14-17H2,1-2H3. The van der Waals surface area contributed by atoms with Crippen LogP contribution in [-0.4, -0.2) is 26.4 Å². The molecule has 4 rings (SSSR count). The molecule has 7 heteroatoms. The molecule has 0 spiro atoms. The summed E-state index contributed by atoms with van der Waals surface area (Å²) in [5.41, 5.74) is 1.65. The second-order valence-electron chi connectivity index (χ2n) is 9.30. The van der Waals surface area contributed by atoms with Crippen LogP contribution in [0.3, 0.4) is 0 Å². The molecule has 0 radical (unpaired) electrons. The molecule has 2 aromatic rings. The van der Waals surface area contributed by atoms with Crippen LogP contribution in [-0.2, 0) is 13.6 Å². The van der Waals surface area contributed by atoms with Crippen LogP contribution in [0.15, 0.2) is 48.5 Å². The van der Waals surface area contributed by atoms with Crippen molar-refractivity contribution in [3.63, 3.8) is 0 Å². The summed E-state index contributed by atoms with van der Waals surface area (Å²) >= 11 is 0. The van der Waals surface area contributed by atoms with Crippen molar-refractivity contribution < 1.29 is 23.1 Å². The Hall–Kier alpha value is -2.01. The molecule has 6 nitrogen and oxygen atoms in total. The Balaban J connectivity index is 1.73. The maximum Gasteiger partial charge on any atom is 0.357 e. The smallest absolute Gasteiger partial charge is 0.357 e. The number of ether oxygens (including phenoxy) is 2. The van der Waals surface area contributed by atoms with Crippen molar-refractivity contribution in [3.8, 4) is 11.5 Å². The van der Waals surface area contributed by atoms with Gasteiger partial charge in [0.25, 0.3) is 0 Å². The zero-order valence-electron chi connectivity index (χ0n) is 20.4. The van der Waals surface area contributed by atoms with Crippen LogP contribution in [0, 0.1) is 0 Å². The quantitative estimate of drug-likeness (QED) is 0.346. The van der Waals surface area contributed by atoms with Crippen LogP contribution in [0.1, 0.15) is 75.6 Å². The van der Waals surface area contributed by atoms with E-state index in [0.29, 0.717) is 11.5 Å². The predicted molar refractivity (Wildman–Crippen MR) is 136 cm³/mol. The third-order valence-corrected chi connectivity index (χ3v) is 9.06. The van der Waals surface area contributed by atoms with Gasteiger partial charge in [-0.15, -0.1) is 0 Å². The highest BCUT2D eigenvalue weighted by Crippen LogP contribution is 2.64. The largest absolute Gasteiger partial charge is 0.493 e. The highest BCUT2D eigenvalue weighted by Gasteiger charge is 2.42. The zero-order chi connectivity index (χ0) is 23.8. The molecule has 0 amide bonds. The van der Waals surface area contributed by atoms with Gasteiger partial charge in [0.2, 0.25) is 0 Å². The van der Waals surface area contributed by atoms with Crippen molar-refractivity contribution in [2.75, 3.05) is 19.5 Å². The lowest BCUT2D eigenvalue weighted by molar-refractivity contribution is 0.0758. The van der Waals surface area contributed by atoms with Gasteiger partial charge >= 0.3 is 7.60 Å². The van der Waals surface area contributed by atoms with Crippen LogP contribution in [0.2, 0.25) is 0 Å². The van der Waals surface area contributed by atoms with Gasteiger partial charge in [-0.1, -0.05) is 62.8 Å². The number of para-hydroxylation sites is 1. The van der Waals surface area contributed by atoms with E-state index in [4.69, 9.17) is 18.5 Å². The number of hydrogen-bond donors (Lipinski definition) is 1. The summed E-state index contributed by atoms with van der Waals surface area (Å²) in [5, 5.41) is 3.49. The Kier molecular flexibility index (Phi) is 8.93. The second-order valence-corrected chi connectivity index (χ2v) is 11.3. The summed E-state index contributed by atoms with van der Waals surface area (Å²) in [6.07, 6.45) is 10.4. The van der Waals surface area contributed by atoms with E-state index < -0.39 is 13.4 Å². The molecular formula is C27H38NO5P. The van der Waals surface area contributed by atoms with E-state index in [1.165, 1.54) is 12.8 Å². The summed E-state index contributed by atoms with van der Waals surface area (Å²) in [4.78, 5) is 0. The van der Waals surface area contributed by atoms with Crippen LogP contribution >= 0.6 is 7.60 Å². The third kappa shape index (κ3) is 6.35. The first kappa shape index (κ1) is 25.1. The second kappa shape index (κ2) is 12.1. The Labute approximate surface area is 203 Å². The lowest BCUT2D eigenvalue weighted by Crippen LogP contribution is -2.25. The summed E-state index contributed by atoms with van der Waals surface area (Å²) in [7, 11) is -0.395. The van der Waals surface area contributed by atoms with Crippen molar-refractivity contribution in [1.82, 2.24) is 0 Å². The van der Waals surface area contributed by atoms with E-state index in [1.807, 2.05) is 48.5 Å². The van der Waals surface area contributed by atoms with E-state index in [9.17, 15) is 4.57 Å². The minimum absolute atomic E-state index is 0.0524. The van der Waals surface area contributed by atoms with Crippen molar-refractivity contribution in [2.24, 2.45) is 0 Å². The topological polar surface area (TPSA) is 66.0 Å². The van der Waals surface area contributed by atoms with Gasteiger partial charge in [0.15, 0.2) is 17.3 Å². The molecule has 1 unspecified atom stereocenters. The van der Waals surface area contributed by atoms with Crippen molar-refractivity contribution in [1.29, 1.82) is 0 Å². The van der Waals surface area contributed by atoms with Crippen molar-refractivity contribution in [2.45, 2.75) is 82.2 Å². The molecule has 0 aromatic heterocycles. The Morgan fingerprint density at radius 1 is 0.765 bits per heavy atom. The molecule has 0 heterocycles. The molecule has 34 heavy (non-hydrogen) atoms. The van der Waals surface area contributed by atoms with E-state index in [2.05, 4.69) is 5.32 Å². The molecule has 0 aliphatic heterocycles. The van der Waals surface area contributed by atoms with Crippen molar-refractivity contribution >= 4 is 13.3 Å². The van der Waals surface area contributed by atoms with Gasteiger partial charge in [0.1, 0.15) is 0 Å². The molecule has 2 aromatic carbocycles. The van der Waals surface area contributed by atoms with Crippen LogP contribution in [0.25, 0.3) is 0 Å². The average molecular weight is 488 g/mol. The minimum atomic E-state index is -3.62. The fourth-order valence-corrected chi connectivity index (χ4v) is 7.34. The highest BCUT2D eigenvalue weighted by molar-refractivity contribution is 7.54. The number of anilines is 1. The average Bonchev–Trinajstić information content (AvgIpc) is 2.88. The summed E-state index contributed by atoms with van der Waals surface area (Å²) in [6, 6.07) is 15.5. The number of rotatable bonds is 10. The summed E-state index contributed by atoms with van der Waals surface area (Å²) in [5.74, 6) is 0.543. The predicted octanol–water partition coefficient (Wildman–Crippen LogP) is 7.71. The Morgan fingerprint density at radius 2 is 1.32 bits per heavy atom. The van der Waals surface area contributed by atoms with Gasteiger partial charge in [-0.2, -0.15) is 0 Å². The molecule has 1 atom stereocenters. The first-order valence-electron chi connectivity index (χ1n) is 12.6. The lowest BCUT2D eigenvalue weighted by Gasteiger charge is -2.36. The molecule has 2 aliphatic rings. The minimum Gasteiger partial charge on any atom is -0.493 e. The Bertz CT molecular complexity index is 917.